The van der Waals surface area contributed by atoms with E-state index < -0.39 is 23.1 Å². The lowest BCUT2D eigenvalue weighted by Crippen LogP contribution is -2.56. The predicted molar refractivity (Wildman–Crippen MR) is 80.9 cm³/mol. The van der Waals surface area contributed by atoms with E-state index in [1.807, 2.05) is 0 Å². The minimum Gasteiger partial charge on any atom is -0.479 e. The first kappa shape index (κ1) is 17.4. The Hall–Kier alpha value is -1.98. The summed E-state index contributed by atoms with van der Waals surface area (Å²) in [5.41, 5.74) is -1.05. The average Bonchev–Trinajstić information content (AvgIpc) is 2.55. The number of carboxylic acids is 1. The first-order chi connectivity index (χ1) is 10.9. The van der Waals surface area contributed by atoms with Crippen LogP contribution in [0.15, 0.2) is 18.2 Å². The number of hydrogen-bond acceptors (Lipinski definition) is 2. The van der Waals surface area contributed by atoms with Gasteiger partial charge in [0.2, 0.25) is 5.91 Å². The molecule has 0 bridgehead atoms. The van der Waals surface area contributed by atoms with E-state index in [4.69, 9.17) is 0 Å². The van der Waals surface area contributed by atoms with Crippen molar-refractivity contribution in [1.82, 2.24) is 4.90 Å². The molecule has 1 aromatic rings. The molecule has 1 aliphatic rings. The number of hydrogen-bond donors (Lipinski definition) is 1. The third-order valence-corrected chi connectivity index (χ3v) is 4.73. The van der Waals surface area contributed by atoms with Crippen molar-refractivity contribution in [3.63, 3.8) is 0 Å². The van der Waals surface area contributed by atoms with E-state index in [-0.39, 0.29) is 24.3 Å². The van der Waals surface area contributed by atoms with Crippen molar-refractivity contribution in [1.29, 1.82) is 0 Å². The molecule has 2 rings (SSSR count). The molecule has 23 heavy (non-hydrogen) atoms. The van der Waals surface area contributed by atoms with Crippen LogP contribution in [0.4, 0.5) is 8.78 Å². The monoisotopic (exact) mass is 325 g/mol. The van der Waals surface area contributed by atoms with Crippen LogP contribution in [0.1, 0.15) is 44.1 Å². The van der Waals surface area contributed by atoms with Crippen molar-refractivity contribution < 1.29 is 23.5 Å². The zero-order chi connectivity index (χ0) is 17.0. The summed E-state index contributed by atoms with van der Waals surface area (Å²) in [7, 11) is 1.49. The van der Waals surface area contributed by atoms with Gasteiger partial charge in [-0.05, 0) is 30.9 Å². The van der Waals surface area contributed by atoms with E-state index in [2.05, 4.69) is 0 Å². The number of aryl methyl sites for hydroxylation is 1. The number of rotatable bonds is 5. The molecule has 0 aliphatic heterocycles. The van der Waals surface area contributed by atoms with Gasteiger partial charge in [0.25, 0.3) is 0 Å². The SMILES string of the molecule is CN(C(=O)CCc1cccc(F)c1F)C1(C(=O)O)CCCCC1. The fourth-order valence-electron chi connectivity index (χ4n) is 3.22. The zero-order valence-electron chi connectivity index (χ0n) is 13.1. The first-order valence-corrected chi connectivity index (χ1v) is 7.81. The number of benzene rings is 1. The molecule has 0 unspecified atom stereocenters. The molecule has 1 aromatic carbocycles. The third-order valence-electron chi connectivity index (χ3n) is 4.73. The van der Waals surface area contributed by atoms with Gasteiger partial charge >= 0.3 is 5.97 Å². The van der Waals surface area contributed by atoms with Crippen molar-refractivity contribution in [3.8, 4) is 0 Å². The van der Waals surface area contributed by atoms with E-state index in [0.717, 1.165) is 25.3 Å². The Balaban J connectivity index is 2.07. The van der Waals surface area contributed by atoms with Gasteiger partial charge in [-0.15, -0.1) is 0 Å². The summed E-state index contributed by atoms with van der Waals surface area (Å²) >= 11 is 0. The summed E-state index contributed by atoms with van der Waals surface area (Å²) in [6, 6.07) is 3.84. The molecule has 0 spiro atoms. The molecule has 1 aliphatic carbocycles. The number of carboxylic acid groups (broad SMARTS) is 1. The Labute approximate surface area is 134 Å². The van der Waals surface area contributed by atoms with Gasteiger partial charge in [0.1, 0.15) is 5.54 Å². The fraction of sp³-hybridized carbons (Fsp3) is 0.529. The second-order valence-electron chi connectivity index (χ2n) is 6.06. The van der Waals surface area contributed by atoms with Crippen LogP contribution in [0, 0.1) is 11.6 Å². The predicted octanol–water partition coefficient (Wildman–Crippen LogP) is 3.14. The van der Waals surface area contributed by atoms with Gasteiger partial charge in [-0.3, -0.25) is 4.79 Å². The van der Waals surface area contributed by atoms with Gasteiger partial charge in [0.15, 0.2) is 11.6 Å². The smallest absolute Gasteiger partial charge is 0.329 e. The van der Waals surface area contributed by atoms with Gasteiger partial charge in [-0.1, -0.05) is 31.4 Å². The summed E-state index contributed by atoms with van der Waals surface area (Å²) < 4.78 is 26.8. The minimum atomic E-state index is -1.17. The van der Waals surface area contributed by atoms with Crippen LogP contribution in [0.3, 0.4) is 0 Å². The molecule has 1 saturated carbocycles. The second-order valence-corrected chi connectivity index (χ2v) is 6.06. The number of halogens is 2. The van der Waals surface area contributed by atoms with Crippen molar-refractivity contribution in [3.05, 3.63) is 35.4 Å². The number of amides is 1. The molecular formula is C17H21F2NO3. The zero-order valence-corrected chi connectivity index (χ0v) is 13.1. The Kier molecular flexibility index (Phi) is 5.34. The molecule has 126 valence electrons. The van der Waals surface area contributed by atoms with E-state index in [9.17, 15) is 23.5 Å². The highest BCUT2D eigenvalue weighted by Crippen LogP contribution is 2.33. The summed E-state index contributed by atoms with van der Waals surface area (Å²) in [6.07, 6.45) is 3.35. The highest BCUT2D eigenvalue weighted by molar-refractivity contribution is 5.87. The van der Waals surface area contributed by atoms with Crippen LogP contribution < -0.4 is 0 Å². The van der Waals surface area contributed by atoms with Crippen LogP contribution in [-0.2, 0) is 16.0 Å². The Morgan fingerprint density at radius 3 is 2.48 bits per heavy atom. The maximum absolute atomic E-state index is 13.6. The normalized spacial score (nSPS) is 16.8. The van der Waals surface area contributed by atoms with Crippen molar-refractivity contribution in [2.45, 2.75) is 50.5 Å². The van der Waals surface area contributed by atoms with Crippen molar-refractivity contribution in [2.24, 2.45) is 0 Å². The lowest BCUT2D eigenvalue weighted by atomic mass is 9.80. The number of carbonyl (C=O) groups is 2. The van der Waals surface area contributed by atoms with Crippen LogP contribution >= 0.6 is 0 Å². The Bertz CT molecular complexity index is 598. The molecule has 1 fully saturated rings. The molecule has 0 heterocycles. The first-order valence-electron chi connectivity index (χ1n) is 7.81. The number of aliphatic carboxylic acids is 1. The molecule has 0 atom stereocenters. The highest BCUT2D eigenvalue weighted by atomic mass is 19.2. The maximum atomic E-state index is 13.6. The number of carbonyl (C=O) groups excluding carboxylic acids is 1. The second kappa shape index (κ2) is 7.06. The Morgan fingerprint density at radius 2 is 1.87 bits per heavy atom. The van der Waals surface area contributed by atoms with Gasteiger partial charge in [0, 0.05) is 13.5 Å². The van der Waals surface area contributed by atoms with Crippen molar-refractivity contribution >= 4 is 11.9 Å². The standard InChI is InChI=1S/C17H21F2NO3/c1-20(17(16(22)23)10-3-2-4-11-17)14(21)9-8-12-6-5-7-13(18)15(12)19/h5-7H,2-4,8-11H2,1H3,(H,22,23). The van der Waals surface area contributed by atoms with Crippen molar-refractivity contribution in [2.75, 3.05) is 7.05 Å². The quantitative estimate of drug-likeness (QED) is 0.905. The van der Waals surface area contributed by atoms with E-state index in [0.29, 0.717) is 12.8 Å². The molecule has 6 heteroatoms. The topological polar surface area (TPSA) is 57.6 Å². The minimum absolute atomic E-state index is 0.0441. The van der Waals surface area contributed by atoms with E-state index >= 15 is 0 Å². The molecule has 1 N–H and O–H groups in total. The van der Waals surface area contributed by atoms with Gasteiger partial charge in [-0.2, -0.15) is 0 Å². The van der Waals surface area contributed by atoms with E-state index in [1.165, 1.54) is 24.1 Å². The van der Waals surface area contributed by atoms with Crippen LogP contribution in [-0.4, -0.2) is 34.5 Å². The highest BCUT2D eigenvalue weighted by Gasteiger charge is 2.45. The van der Waals surface area contributed by atoms with E-state index in [1.54, 1.807) is 0 Å². The molecular weight excluding hydrogens is 304 g/mol. The van der Waals surface area contributed by atoms with Crippen LogP contribution in [0.25, 0.3) is 0 Å². The Morgan fingerprint density at radius 1 is 1.22 bits per heavy atom. The maximum Gasteiger partial charge on any atom is 0.329 e. The fourth-order valence-corrected chi connectivity index (χ4v) is 3.22. The number of nitrogens with zero attached hydrogens (tertiary/aromatic N) is 1. The lowest BCUT2D eigenvalue weighted by molar-refractivity contribution is -0.160. The summed E-state index contributed by atoms with van der Waals surface area (Å²) in [5, 5.41) is 9.57. The number of likely N-dealkylation sites (N-methyl/N-ethyl adjacent to an activating group) is 1. The van der Waals surface area contributed by atoms with Gasteiger partial charge in [-0.25, -0.2) is 13.6 Å². The van der Waals surface area contributed by atoms with Gasteiger partial charge < -0.3 is 10.0 Å². The summed E-state index contributed by atoms with van der Waals surface area (Å²) in [4.78, 5) is 25.3. The molecule has 4 nitrogen and oxygen atoms in total. The molecule has 0 radical (unpaired) electrons. The summed E-state index contributed by atoms with van der Waals surface area (Å²) in [5.74, 6) is -3.26. The third kappa shape index (κ3) is 3.51. The molecule has 0 saturated heterocycles. The van der Waals surface area contributed by atoms with Crippen LogP contribution in [0.2, 0.25) is 0 Å². The van der Waals surface area contributed by atoms with Crippen LogP contribution in [0.5, 0.6) is 0 Å². The largest absolute Gasteiger partial charge is 0.479 e. The summed E-state index contributed by atoms with van der Waals surface area (Å²) in [6.45, 7) is 0. The van der Waals surface area contributed by atoms with Gasteiger partial charge in [0.05, 0.1) is 0 Å². The average molecular weight is 325 g/mol. The lowest BCUT2D eigenvalue weighted by Gasteiger charge is -2.41. The molecule has 0 aromatic heterocycles. The molecule has 1 amide bonds.